The molecule has 1 aliphatic rings. The smallest absolute Gasteiger partial charge is 0.283 e. The van der Waals surface area contributed by atoms with E-state index in [1.54, 1.807) is 4.57 Å². The Morgan fingerprint density at radius 1 is 1.20 bits per heavy atom. The summed E-state index contributed by atoms with van der Waals surface area (Å²) in [6.45, 7) is 0.720. The highest BCUT2D eigenvalue weighted by atomic mass is 79.9. The Hall–Kier alpha value is -1.95. The van der Waals surface area contributed by atoms with Gasteiger partial charge >= 0.3 is 0 Å². The minimum absolute atomic E-state index is 0.102. The fourth-order valence-electron chi connectivity index (χ4n) is 2.48. The highest BCUT2D eigenvalue weighted by molar-refractivity contribution is 9.10. The summed E-state index contributed by atoms with van der Waals surface area (Å²) in [7, 11) is 0. The van der Waals surface area contributed by atoms with Crippen LogP contribution in [0.15, 0.2) is 37.9 Å². The van der Waals surface area contributed by atoms with Gasteiger partial charge in [0.2, 0.25) is 5.89 Å². The van der Waals surface area contributed by atoms with Gasteiger partial charge in [-0.25, -0.2) is 4.98 Å². The van der Waals surface area contributed by atoms with Crippen molar-refractivity contribution in [2.75, 3.05) is 0 Å². The molecule has 0 aliphatic carbocycles. The largest absolute Gasteiger partial charge is 0.417 e. The maximum atomic E-state index is 12.3. The van der Waals surface area contributed by atoms with Crippen LogP contribution in [-0.2, 0) is 13.0 Å². The molecule has 4 rings (SSSR count). The van der Waals surface area contributed by atoms with Gasteiger partial charge in [0.15, 0.2) is 5.52 Å². The predicted molar refractivity (Wildman–Crippen MR) is 77.5 cm³/mol. The van der Waals surface area contributed by atoms with Crippen LogP contribution >= 0.6 is 15.9 Å². The van der Waals surface area contributed by atoms with E-state index in [1.807, 2.05) is 24.3 Å². The van der Waals surface area contributed by atoms with Crippen molar-refractivity contribution in [2.24, 2.45) is 0 Å². The van der Waals surface area contributed by atoms with E-state index in [1.165, 1.54) is 0 Å². The standard InChI is InChI=1S/C14H10BrN3O2/c15-9-5-3-8(4-6-9)12-17-11-13(20-12)16-10-2-1-7-18(10)14(11)19/h3-6H,1-2,7H2. The molecule has 5 nitrogen and oxygen atoms in total. The van der Waals surface area contributed by atoms with E-state index in [4.69, 9.17) is 4.42 Å². The first-order valence-corrected chi connectivity index (χ1v) is 7.18. The third-order valence-electron chi connectivity index (χ3n) is 3.47. The lowest BCUT2D eigenvalue weighted by atomic mass is 10.2. The Bertz CT molecular complexity index is 864. The van der Waals surface area contributed by atoms with E-state index >= 15 is 0 Å². The summed E-state index contributed by atoms with van der Waals surface area (Å²) in [5, 5.41) is 0. The number of aromatic nitrogens is 3. The number of hydrogen-bond acceptors (Lipinski definition) is 4. The second kappa shape index (κ2) is 4.28. The van der Waals surface area contributed by atoms with E-state index in [9.17, 15) is 4.79 Å². The third-order valence-corrected chi connectivity index (χ3v) is 4.00. The van der Waals surface area contributed by atoms with Crippen LogP contribution in [0.1, 0.15) is 12.2 Å². The summed E-state index contributed by atoms with van der Waals surface area (Å²) in [5.74, 6) is 1.22. The Balaban J connectivity index is 1.94. The number of benzene rings is 1. The van der Waals surface area contributed by atoms with Crippen molar-refractivity contribution in [3.05, 3.63) is 44.9 Å². The molecule has 3 aromatic rings. The summed E-state index contributed by atoms with van der Waals surface area (Å²) in [6.07, 6.45) is 1.77. The predicted octanol–water partition coefficient (Wildman–Crippen LogP) is 2.76. The molecule has 100 valence electrons. The van der Waals surface area contributed by atoms with E-state index in [0.717, 1.165) is 35.2 Å². The zero-order chi connectivity index (χ0) is 13.7. The molecule has 20 heavy (non-hydrogen) atoms. The van der Waals surface area contributed by atoms with Crippen molar-refractivity contribution in [3.8, 4) is 11.5 Å². The Kier molecular flexibility index (Phi) is 2.53. The summed E-state index contributed by atoms with van der Waals surface area (Å²) < 4.78 is 8.32. The zero-order valence-electron chi connectivity index (χ0n) is 10.5. The van der Waals surface area contributed by atoms with Crippen molar-refractivity contribution in [2.45, 2.75) is 19.4 Å². The van der Waals surface area contributed by atoms with Gasteiger partial charge in [-0.05, 0) is 30.7 Å². The van der Waals surface area contributed by atoms with Crippen LogP contribution < -0.4 is 5.56 Å². The number of oxazole rings is 1. The average molecular weight is 332 g/mol. The van der Waals surface area contributed by atoms with Crippen LogP contribution in [0.2, 0.25) is 0 Å². The third kappa shape index (κ3) is 1.71. The van der Waals surface area contributed by atoms with E-state index in [-0.39, 0.29) is 5.56 Å². The molecule has 1 aromatic carbocycles. The lowest BCUT2D eigenvalue weighted by Crippen LogP contribution is -2.20. The molecule has 0 atom stereocenters. The first-order valence-electron chi connectivity index (χ1n) is 6.38. The van der Waals surface area contributed by atoms with Crippen LogP contribution in [0, 0.1) is 0 Å². The van der Waals surface area contributed by atoms with Crippen LogP contribution in [0.25, 0.3) is 22.7 Å². The Labute approximate surface area is 122 Å². The van der Waals surface area contributed by atoms with Crippen LogP contribution in [0.4, 0.5) is 0 Å². The number of nitrogens with zero attached hydrogens (tertiary/aromatic N) is 3. The maximum Gasteiger partial charge on any atom is 0.283 e. The van der Waals surface area contributed by atoms with Crippen molar-refractivity contribution in [1.82, 2.24) is 14.5 Å². The van der Waals surface area contributed by atoms with E-state index < -0.39 is 0 Å². The molecule has 6 heteroatoms. The molecular weight excluding hydrogens is 322 g/mol. The van der Waals surface area contributed by atoms with Gasteiger partial charge in [-0.15, -0.1) is 0 Å². The number of aryl methyl sites for hydroxylation is 1. The molecule has 0 fully saturated rings. The van der Waals surface area contributed by atoms with Gasteiger partial charge in [0, 0.05) is 23.0 Å². The molecule has 2 aromatic heterocycles. The van der Waals surface area contributed by atoms with Crippen LogP contribution in [0.3, 0.4) is 0 Å². The molecule has 1 aliphatic heterocycles. The number of halogens is 1. The Morgan fingerprint density at radius 2 is 2.00 bits per heavy atom. The number of rotatable bonds is 1. The van der Waals surface area contributed by atoms with E-state index in [0.29, 0.717) is 17.1 Å². The minimum Gasteiger partial charge on any atom is -0.417 e. The molecule has 0 saturated carbocycles. The van der Waals surface area contributed by atoms with Crippen molar-refractivity contribution < 1.29 is 4.42 Å². The van der Waals surface area contributed by atoms with Crippen molar-refractivity contribution in [1.29, 1.82) is 0 Å². The highest BCUT2D eigenvalue weighted by Crippen LogP contribution is 2.24. The van der Waals surface area contributed by atoms with E-state index in [2.05, 4.69) is 25.9 Å². The summed E-state index contributed by atoms with van der Waals surface area (Å²) in [4.78, 5) is 21.0. The summed E-state index contributed by atoms with van der Waals surface area (Å²) in [5.41, 5.74) is 1.38. The highest BCUT2D eigenvalue weighted by Gasteiger charge is 2.20. The van der Waals surface area contributed by atoms with Gasteiger partial charge in [-0.3, -0.25) is 9.36 Å². The molecule has 0 unspecified atom stereocenters. The minimum atomic E-state index is -0.102. The summed E-state index contributed by atoms with van der Waals surface area (Å²) >= 11 is 3.38. The maximum absolute atomic E-state index is 12.3. The van der Waals surface area contributed by atoms with Gasteiger partial charge in [0.25, 0.3) is 11.3 Å². The molecule has 0 spiro atoms. The van der Waals surface area contributed by atoms with Gasteiger partial charge in [0.1, 0.15) is 5.82 Å². The van der Waals surface area contributed by atoms with Crippen LogP contribution in [-0.4, -0.2) is 14.5 Å². The molecule has 0 bridgehead atoms. The molecule has 3 heterocycles. The first kappa shape index (κ1) is 11.8. The Morgan fingerprint density at radius 3 is 2.80 bits per heavy atom. The first-order chi connectivity index (χ1) is 9.72. The van der Waals surface area contributed by atoms with Gasteiger partial charge in [0.05, 0.1) is 0 Å². The quantitative estimate of drug-likeness (QED) is 0.687. The number of fused-ring (bicyclic) bond motifs is 2. The fraction of sp³-hybridized carbons (Fsp3) is 0.214. The van der Waals surface area contributed by atoms with Crippen LogP contribution in [0.5, 0.6) is 0 Å². The molecule has 0 amide bonds. The van der Waals surface area contributed by atoms with Gasteiger partial charge in [-0.2, -0.15) is 4.98 Å². The SMILES string of the molecule is O=c1c2nc(-c3ccc(Br)cc3)oc2nc2n1CCC2. The lowest BCUT2D eigenvalue weighted by molar-refractivity contribution is 0.602. The monoisotopic (exact) mass is 331 g/mol. The lowest BCUT2D eigenvalue weighted by Gasteiger charge is -1.98. The van der Waals surface area contributed by atoms with Gasteiger partial charge in [-0.1, -0.05) is 15.9 Å². The second-order valence-electron chi connectivity index (χ2n) is 4.77. The molecular formula is C14H10BrN3O2. The molecule has 0 saturated heterocycles. The van der Waals surface area contributed by atoms with Gasteiger partial charge < -0.3 is 4.42 Å². The zero-order valence-corrected chi connectivity index (χ0v) is 12.1. The number of hydrogen-bond donors (Lipinski definition) is 0. The van der Waals surface area contributed by atoms with Crippen molar-refractivity contribution in [3.63, 3.8) is 0 Å². The topological polar surface area (TPSA) is 60.9 Å². The summed E-state index contributed by atoms with van der Waals surface area (Å²) in [6, 6.07) is 7.59. The van der Waals surface area contributed by atoms with Crippen molar-refractivity contribution >= 4 is 27.2 Å². The normalized spacial score (nSPS) is 13.8. The fourth-order valence-corrected chi connectivity index (χ4v) is 2.75. The molecule has 0 N–H and O–H groups in total. The second-order valence-corrected chi connectivity index (χ2v) is 5.68. The molecule has 0 radical (unpaired) electrons. The average Bonchev–Trinajstić information content (AvgIpc) is 3.06.